The molecular weight excluding hydrogens is 414 g/mol. The van der Waals surface area contributed by atoms with Gasteiger partial charge in [-0.1, -0.05) is 17.7 Å². The topological polar surface area (TPSA) is 98.8 Å². The maximum atomic E-state index is 13.0. The van der Waals surface area contributed by atoms with E-state index >= 15 is 0 Å². The summed E-state index contributed by atoms with van der Waals surface area (Å²) in [5.41, 5.74) is 0.938. The lowest BCUT2D eigenvalue weighted by atomic mass is 10.2. The van der Waals surface area contributed by atoms with E-state index < -0.39 is 31.0 Å². The molecule has 158 valence electrons. The molecule has 1 aliphatic heterocycles. The van der Waals surface area contributed by atoms with Crippen LogP contribution in [0.2, 0.25) is 0 Å². The summed E-state index contributed by atoms with van der Waals surface area (Å²) in [6.07, 6.45) is 0. The average molecular weight is 440 g/mol. The molecular formula is C20H25NO6S2. The predicted molar refractivity (Wildman–Crippen MR) is 111 cm³/mol. The molecule has 0 spiro atoms. The number of rotatable bonds is 8. The first kappa shape index (κ1) is 21.6. The van der Waals surface area contributed by atoms with Crippen molar-refractivity contribution in [3.8, 4) is 11.5 Å². The molecule has 2 aromatic rings. The Labute approximate surface area is 171 Å². The number of hydrogen-bond donors (Lipinski definition) is 1. The SMILES string of the molecule is COc1ccc(OCCNC2CS(=O)(=O)CC2S(=O)(=O)c2ccc(C)cc2)cc1. The van der Waals surface area contributed by atoms with Gasteiger partial charge in [-0.25, -0.2) is 16.8 Å². The van der Waals surface area contributed by atoms with Crippen LogP contribution in [0.5, 0.6) is 11.5 Å². The molecule has 1 saturated heterocycles. The highest BCUT2D eigenvalue weighted by atomic mass is 32.2. The smallest absolute Gasteiger partial charge is 0.183 e. The van der Waals surface area contributed by atoms with Gasteiger partial charge in [-0.2, -0.15) is 0 Å². The number of methoxy groups -OCH3 is 1. The molecule has 0 aromatic heterocycles. The molecule has 2 aromatic carbocycles. The first-order chi connectivity index (χ1) is 13.7. The van der Waals surface area contributed by atoms with Gasteiger partial charge in [0, 0.05) is 12.6 Å². The van der Waals surface area contributed by atoms with E-state index in [2.05, 4.69) is 5.32 Å². The summed E-state index contributed by atoms with van der Waals surface area (Å²) >= 11 is 0. The zero-order chi connectivity index (χ0) is 21.1. The maximum Gasteiger partial charge on any atom is 0.183 e. The lowest BCUT2D eigenvalue weighted by molar-refractivity contribution is 0.307. The predicted octanol–water partition coefficient (Wildman–Crippen LogP) is 1.61. The summed E-state index contributed by atoms with van der Waals surface area (Å²) in [4.78, 5) is 0.145. The molecule has 0 aliphatic carbocycles. The lowest BCUT2D eigenvalue weighted by Crippen LogP contribution is -2.44. The fourth-order valence-electron chi connectivity index (χ4n) is 3.30. The van der Waals surface area contributed by atoms with Gasteiger partial charge >= 0.3 is 0 Å². The van der Waals surface area contributed by atoms with Crippen LogP contribution in [-0.2, 0) is 19.7 Å². The average Bonchev–Trinajstić information content (AvgIpc) is 3.01. The third kappa shape index (κ3) is 5.29. The molecule has 1 aliphatic rings. The first-order valence-electron chi connectivity index (χ1n) is 9.22. The second kappa shape index (κ2) is 8.73. The van der Waals surface area contributed by atoms with E-state index in [1.54, 1.807) is 43.5 Å². The minimum Gasteiger partial charge on any atom is -0.497 e. The molecule has 1 fully saturated rings. The van der Waals surface area contributed by atoms with Gasteiger partial charge in [0.05, 0.1) is 28.8 Å². The van der Waals surface area contributed by atoms with Crippen molar-refractivity contribution < 1.29 is 26.3 Å². The van der Waals surface area contributed by atoms with Crippen LogP contribution in [0.3, 0.4) is 0 Å². The first-order valence-corrected chi connectivity index (χ1v) is 12.6. The number of hydrogen-bond acceptors (Lipinski definition) is 7. The standard InChI is InChI=1S/C20H25NO6S2/c1-15-3-9-18(10-4-15)29(24,25)20-14-28(22,23)13-19(20)21-11-12-27-17-7-5-16(26-2)6-8-17/h3-10,19-21H,11-14H2,1-2H3. The van der Waals surface area contributed by atoms with Crippen LogP contribution in [0.4, 0.5) is 0 Å². The second-order valence-corrected chi connectivity index (χ2v) is 11.4. The van der Waals surface area contributed by atoms with Gasteiger partial charge in [0.1, 0.15) is 18.1 Å². The number of benzene rings is 2. The van der Waals surface area contributed by atoms with Crippen molar-refractivity contribution in [2.24, 2.45) is 0 Å². The van der Waals surface area contributed by atoms with Crippen LogP contribution < -0.4 is 14.8 Å². The van der Waals surface area contributed by atoms with Crippen LogP contribution >= 0.6 is 0 Å². The highest BCUT2D eigenvalue weighted by Gasteiger charge is 2.45. The summed E-state index contributed by atoms with van der Waals surface area (Å²) in [5.74, 6) is 0.789. The highest BCUT2D eigenvalue weighted by Crippen LogP contribution is 2.26. The Morgan fingerprint density at radius 1 is 1.00 bits per heavy atom. The molecule has 0 amide bonds. The molecule has 0 radical (unpaired) electrons. The third-order valence-electron chi connectivity index (χ3n) is 4.89. The van der Waals surface area contributed by atoms with Crippen molar-refractivity contribution in [1.29, 1.82) is 0 Å². The van der Waals surface area contributed by atoms with Crippen molar-refractivity contribution in [2.45, 2.75) is 23.1 Å². The van der Waals surface area contributed by atoms with Crippen molar-refractivity contribution in [3.63, 3.8) is 0 Å². The Kier molecular flexibility index (Phi) is 6.50. The van der Waals surface area contributed by atoms with Crippen molar-refractivity contribution >= 4 is 19.7 Å². The van der Waals surface area contributed by atoms with Gasteiger partial charge in [0.25, 0.3) is 0 Å². The zero-order valence-electron chi connectivity index (χ0n) is 16.4. The van der Waals surface area contributed by atoms with E-state index in [-0.39, 0.29) is 23.0 Å². The Morgan fingerprint density at radius 3 is 2.24 bits per heavy atom. The Hall–Kier alpha value is -2.10. The molecule has 3 rings (SSSR count). The molecule has 7 nitrogen and oxygen atoms in total. The number of nitrogens with one attached hydrogen (secondary N) is 1. The van der Waals surface area contributed by atoms with Gasteiger partial charge < -0.3 is 14.8 Å². The van der Waals surface area contributed by atoms with Gasteiger partial charge in [-0.3, -0.25) is 0 Å². The summed E-state index contributed by atoms with van der Waals surface area (Å²) < 4.78 is 61.0. The van der Waals surface area contributed by atoms with Crippen LogP contribution in [0.15, 0.2) is 53.4 Å². The summed E-state index contributed by atoms with van der Waals surface area (Å²) in [7, 11) is -5.63. The summed E-state index contributed by atoms with van der Waals surface area (Å²) in [5, 5.41) is 2.04. The molecule has 1 heterocycles. The number of aryl methyl sites for hydroxylation is 1. The van der Waals surface area contributed by atoms with E-state index in [9.17, 15) is 16.8 Å². The Balaban J connectivity index is 1.64. The lowest BCUT2D eigenvalue weighted by Gasteiger charge is -2.20. The maximum absolute atomic E-state index is 13.0. The van der Waals surface area contributed by atoms with Crippen LogP contribution in [0, 0.1) is 6.92 Å². The van der Waals surface area contributed by atoms with Gasteiger partial charge in [0.15, 0.2) is 19.7 Å². The minimum atomic E-state index is -3.77. The van der Waals surface area contributed by atoms with Crippen molar-refractivity contribution in [3.05, 3.63) is 54.1 Å². The van der Waals surface area contributed by atoms with E-state index in [1.807, 2.05) is 6.92 Å². The largest absolute Gasteiger partial charge is 0.497 e. The van der Waals surface area contributed by atoms with E-state index in [0.29, 0.717) is 12.3 Å². The van der Waals surface area contributed by atoms with Crippen molar-refractivity contribution in [2.75, 3.05) is 31.8 Å². The van der Waals surface area contributed by atoms with Crippen LogP contribution in [0.1, 0.15) is 5.56 Å². The Bertz CT molecular complexity index is 1030. The van der Waals surface area contributed by atoms with E-state index in [4.69, 9.17) is 9.47 Å². The quantitative estimate of drug-likeness (QED) is 0.624. The Morgan fingerprint density at radius 2 is 1.62 bits per heavy atom. The molecule has 2 unspecified atom stereocenters. The minimum absolute atomic E-state index is 0.145. The summed E-state index contributed by atoms with van der Waals surface area (Å²) in [6.45, 7) is 2.47. The van der Waals surface area contributed by atoms with E-state index in [1.165, 1.54) is 12.1 Å². The van der Waals surface area contributed by atoms with Crippen molar-refractivity contribution in [1.82, 2.24) is 5.32 Å². The number of sulfone groups is 2. The third-order valence-corrected chi connectivity index (χ3v) is 9.05. The molecule has 2 atom stereocenters. The molecule has 0 bridgehead atoms. The second-order valence-electron chi connectivity index (χ2n) is 7.06. The monoisotopic (exact) mass is 439 g/mol. The fraction of sp³-hybridized carbons (Fsp3) is 0.400. The summed E-state index contributed by atoms with van der Waals surface area (Å²) in [6, 6.07) is 12.9. The molecule has 1 N–H and O–H groups in total. The van der Waals surface area contributed by atoms with Gasteiger partial charge in [-0.05, 0) is 43.3 Å². The molecule has 9 heteroatoms. The van der Waals surface area contributed by atoms with Gasteiger partial charge in [0.2, 0.25) is 0 Å². The molecule has 0 saturated carbocycles. The molecule has 29 heavy (non-hydrogen) atoms. The van der Waals surface area contributed by atoms with Crippen LogP contribution in [-0.4, -0.2) is 59.9 Å². The highest BCUT2D eigenvalue weighted by molar-refractivity contribution is 7.96. The number of ether oxygens (including phenoxy) is 2. The normalized spacial score (nSPS) is 21.0. The van der Waals surface area contributed by atoms with Crippen LogP contribution in [0.25, 0.3) is 0 Å². The fourth-order valence-corrected chi connectivity index (χ4v) is 8.02. The van der Waals surface area contributed by atoms with Gasteiger partial charge in [-0.15, -0.1) is 0 Å². The zero-order valence-corrected chi connectivity index (χ0v) is 18.0. The van der Waals surface area contributed by atoms with E-state index in [0.717, 1.165) is 11.3 Å².